The maximum absolute atomic E-state index is 14.4. The minimum absolute atomic E-state index is 0.167. The molecule has 1 spiro atoms. The molecule has 6 rings (SSSR count). The zero-order valence-electron chi connectivity index (χ0n) is 21.0. The van der Waals surface area contributed by atoms with E-state index in [1.807, 2.05) is 73.7 Å². The monoisotopic (exact) mass is 501 g/mol. The van der Waals surface area contributed by atoms with E-state index in [-0.39, 0.29) is 24.3 Å². The van der Waals surface area contributed by atoms with E-state index in [0.29, 0.717) is 19.5 Å². The number of benzene rings is 2. The number of likely N-dealkylation sites (tertiary alicyclic amines) is 1. The Morgan fingerprint density at radius 1 is 1.03 bits per heavy atom. The molecule has 1 N–H and O–H groups in total. The van der Waals surface area contributed by atoms with Gasteiger partial charge in [-0.2, -0.15) is 0 Å². The van der Waals surface area contributed by atoms with E-state index >= 15 is 0 Å². The smallest absolute Gasteiger partial charge is 0.253 e. The predicted octanol–water partition coefficient (Wildman–Crippen LogP) is 2.12. The number of nitrogens with zero attached hydrogens (tertiary/aromatic N) is 3. The highest BCUT2D eigenvalue weighted by molar-refractivity contribution is 6.06. The zero-order chi connectivity index (χ0) is 25.9. The Kier molecular flexibility index (Phi) is 5.69. The molecule has 4 aliphatic heterocycles. The van der Waals surface area contributed by atoms with Crippen molar-refractivity contribution in [3.63, 3.8) is 0 Å². The van der Waals surface area contributed by atoms with Gasteiger partial charge in [-0.05, 0) is 29.3 Å². The number of fused-ring (bicyclic) bond motifs is 3. The fraction of sp³-hybridized carbons (Fsp3) is 0.414. The molecule has 37 heavy (non-hydrogen) atoms. The molecule has 8 nitrogen and oxygen atoms in total. The van der Waals surface area contributed by atoms with Crippen molar-refractivity contribution in [2.75, 3.05) is 31.6 Å². The summed E-state index contributed by atoms with van der Waals surface area (Å²) >= 11 is 0. The molecule has 2 aromatic rings. The first kappa shape index (κ1) is 23.9. The highest BCUT2D eigenvalue weighted by Gasteiger charge is 2.72. The topological polar surface area (TPSA) is 90.4 Å². The summed E-state index contributed by atoms with van der Waals surface area (Å²) in [5.74, 6) is -2.33. The lowest BCUT2D eigenvalue weighted by molar-refractivity contribution is -0.146. The molecule has 0 bridgehead atoms. The van der Waals surface area contributed by atoms with Crippen LogP contribution in [0.1, 0.15) is 13.3 Å². The van der Waals surface area contributed by atoms with Crippen molar-refractivity contribution in [1.82, 2.24) is 9.80 Å². The molecule has 3 amide bonds. The number of ether oxygens (including phenoxy) is 1. The summed E-state index contributed by atoms with van der Waals surface area (Å²) in [4.78, 5) is 46.8. The van der Waals surface area contributed by atoms with Gasteiger partial charge in [-0.3, -0.25) is 14.4 Å². The Hall–Kier alpha value is -3.49. The van der Waals surface area contributed by atoms with Crippen LogP contribution in [-0.4, -0.2) is 83.2 Å². The van der Waals surface area contributed by atoms with Gasteiger partial charge >= 0.3 is 0 Å². The van der Waals surface area contributed by atoms with Gasteiger partial charge in [0, 0.05) is 25.8 Å². The number of aliphatic hydroxyl groups is 1. The summed E-state index contributed by atoms with van der Waals surface area (Å²) in [5, 5.41) is 12.3. The van der Waals surface area contributed by atoms with Crippen molar-refractivity contribution in [2.45, 2.75) is 37.1 Å². The Bertz CT molecular complexity index is 1330. The second-order valence-electron chi connectivity index (χ2n) is 10.4. The van der Waals surface area contributed by atoms with Gasteiger partial charge in [0.25, 0.3) is 5.91 Å². The fourth-order valence-electron chi connectivity index (χ4n) is 6.59. The van der Waals surface area contributed by atoms with Crippen LogP contribution in [0.4, 0.5) is 5.69 Å². The minimum atomic E-state index is -1.30. The van der Waals surface area contributed by atoms with Crippen molar-refractivity contribution >= 4 is 34.2 Å². The maximum Gasteiger partial charge on any atom is 0.253 e. The molecule has 6 atom stereocenters. The van der Waals surface area contributed by atoms with Gasteiger partial charge in [0.15, 0.2) is 0 Å². The van der Waals surface area contributed by atoms with Crippen LogP contribution in [0.3, 0.4) is 0 Å². The van der Waals surface area contributed by atoms with Crippen LogP contribution in [0.15, 0.2) is 66.8 Å². The largest absolute Gasteiger partial charge is 0.394 e. The Morgan fingerprint density at radius 2 is 1.81 bits per heavy atom. The first-order valence-electron chi connectivity index (χ1n) is 12.9. The van der Waals surface area contributed by atoms with E-state index in [1.54, 1.807) is 16.8 Å². The van der Waals surface area contributed by atoms with Crippen LogP contribution in [0.5, 0.6) is 0 Å². The number of hydrogen-bond acceptors (Lipinski definition) is 5. The molecular formula is C29H31N3O5. The van der Waals surface area contributed by atoms with Gasteiger partial charge in [-0.1, -0.05) is 61.6 Å². The SMILES string of the molecule is CC[C@@H](CO)N1C(=O)[C@@H]2[C@H]3C(=O)N(C)CC=C[C@H]3O[C@@]23C=CCN(c2ccc4ccccc4c2)C(=O)C13. The number of carbonyl (C=O) groups excluding carboxylic acids is 3. The highest BCUT2D eigenvalue weighted by atomic mass is 16.5. The minimum Gasteiger partial charge on any atom is -0.394 e. The first-order chi connectivity index (χ1) is 17.9. The number of aliphatic hydroxyl groups excluding tert-OH is 1. The van der Waals surface area contributed by atoms with Crippen LogP contribution in [-0.2, 0) is 19.1 Å². The summed E-state index contributed by atoms with van der Waals surface area (Å²) in [5.41, 5.74) is -0.572. The summed E-state index contributed by atoms with van der Waals surface area (Å²) in [6.45, 7) is 2.35. The normalized spacial score (nSPS) is 31.9. The van der Waals surface area contributed by atoms with Gasteiger partial charge in [-0.15, -0.1) is 0 Å². The van der Waals surface area contributed by atoms with E-state index in [1.165, 1.54) is 4.90 Å². The second kappa shape index (κ2) is 8.82. The van der Waals surface area contributed by atoms with Gasteiger partial charge in [0.05, 0.1) is 30.6 Å². The summed E-state index contributed by atoms with van der Waals surface area (Å²) in [6, 6.07) is 12.3. The van der Waals surface area contributed by atoms with E-state index in [2.05, 4.69) is 0 Å². The molecule has 0 radical (unpaired) electrons. The Labute approximate surface area is 215 Å². The van der Waals surface area contributed by atoms with Crippen molar-refractivity contribution < 1.29 is 24.2 Å². The molecule has 0 aromatic heterocycles. The third kappa shape index (κ3) is 3.39. The van der Waals surface area contributed by atoms with E-state index < -0.39 is 35.6 Å². The van der Waals surface area contributed by atoms with Crippen LogP contribution in [0.25, 0.3) is 10.8 Å². The number of likely N-dealkylation sites (N-methyl/N-ethyl adjacent to an activating group) is 1. The van der Waals surface area contributed by atoms with Crippen molar-refractivity contribution in [2.24, 2.45) is 11.8 Å². The number of amides is 3. The van der Waals surface area contributed by atoms with E-state index in [4.69, 9.17) is 4.74 Å². The average molecular weight is 502 g/mol. The predicted molar refractivity (Wildman–Crippen MR) is 139 cm³/mol. The molecule has 2 saturated heterocycles. The molecule has 192 valence electrons. The molecule has 4 aliphatic rings. The standard InChI is InChI=1S/C29H31N3O5/c1-3-20(17-33)32-25-28(36)31(21-12-11-18-8-4-5-9-19(18)16-21)15-7-13-29(25)24(27(32)35)23-22(37-29)10-6-14-30(2)26(23)34/h4-13,16,20,22-25,33H,3,14-15,17H2,1-2H3/t20-,22+,23-,24-,25?,29-/m0/s1. The highest BCUT2D eigenvalue weighted by Crippen LogP contribution is 2.54. The van der Waals surface area contributed by atoms with Gasteiger partial charge in [0.1, 0.15) is 11.6 Å². The lowest BCUT2D eigenvalue weighted by Gasteiger charge is -2.38. The van der Waals surface area contributed by atoms with Crippen LogP contribution < -0.4 is 4.90 Å². The molecule has 1 unspecified atom stereocenters. The molecule has 0 saturated carbocycles. The van der Waals surface area contributed by atoms with Gasteiger partial charge in [0.2, 0.25) is 11.8 Å². The maximum atomic E-state index is 14.4. The van der Waals surface area contributed by atoms with Crippen LogP contribution in [0.2, 0.25) is 0 Å². The molecule has 8 heteroatoms. The number of rotatable bonds is 4. The Morgan fingerprint density at radius 3 is 2.57 bits per heavy atom. The molecule has 2 fully saturated rings. The molecule has 2 aromatic carbocycles. The number of anilines is 1. The molecule has 4 heterocycles. The lowest BCUT2D eigenvalue weighted by atomic mass is 9.77. The third-order valence-corrected chi connectivity index (χ3v) is 8.42. The van der Waals surface area contributed by atoms with Gasteiger partial charge < -0.3 is 24.5 Å². The lowest BCUT2D eigenvalue weighted by Crippen LogP contribution is -2.58. The summed E-state index contributed by atoms with van der Waals surface area (Å²) < 4.78 is 6.61. The van der Waals surface area contributed by atoms with Crippen molar-refractivity contribution in [3.8, 4) is 0 Å². The molecule has 0 aliphatic carbocycles. The molecular weight excluding hydrogens is 470 g/mol. The summed E-state index contributed by atoms with van der Waals surface area (Å²) in [6.07, 6.45) is 7.30. The van der Waals surface area contributed by atoms with Gasteiger partial charge in [-0.25, -0.2) is 0 Å². The van der Waals surface area contributed by atoms with Crippen LogP contribution >= 0.6 is 0 Å². The zero-order valence-corrected chi connectivity index (χ0v) is 21.0. The number of carbonyl (C=O) groups is 3. The average Bonchev–Trinajstić information content (AvgIpc) is 3.23. The summed E-state index contributed by atoms with van der Waals surface area (Å²) in [7, 11) is 1.72. The second-order valence-corrected chi connectivity index (χ2v) is 10.4. The fourth-order valence-corrected chi connectivity index (χ4v) is 6.59. The number of hydrogen-bond donors (Lipinski definition) is 1. The van der Waals surface area contributed by atoms with Crippen molar-refractivity contribution in [3.05, 3.63) is 66.8 Å². The van der Waals surface area contributed by atoms with Crippen molar-refractivity contribution in [1.29, 1.82) is 0 Å². The third-order valence-electron chi connectivity index (χ3n) is 8.42. The quantitative estimate of drug-likeness (QED) is 0.649. The van der Waals surface area contributed by atoms with Crippen LogP contribution in [0, 0.1) is 11.8 Å². The van der Waals surface area contributed by atoms with E-state index in [9.17, 15) is 19.5 Å². The van der Waals surface area contributed by atoms with E-state index in [0.717, 1.165) is 16.5 Å². The first-order valence-corrected chi connectivity index (χ1v) is 12.9. The Balaban J connectivity index is 1.48.